The number of nitrogens with one attached hydrogen (secondary N) is 1. The topological polar surface area (TPSA) is 24.5 Å². The highest BCUT2D eigenvalue weighted by Crippen LogP contribution is 2.36. The van der Waals surface area contributed by atoms with Crippen LogP contribution in [-0.4, -0.2) is 37.4 Å². The van der Waals surface area contributed by atoms with E-state index < -0.39 is 35.7 Å². The second-order valence-corrected chi connectivity index (χ2v) is 6.54. The Morgan fingerprint density at radius 1 is 0.871 bits per heavy atom. The quantitative estimate of drug-likeness (QED) is 0.561. The van der Waals surface area contributed by atoms with E-state index in [2.05, 4.69) is 10.1 Å². The minimum absolute atomic E-state index is 0. The zero-order valence-corrected chi connectivity index (χ0v) is 17.4. The minimum Gasteiger partial charge on any atom is -0.406 e. The molecule has 31 heavy (non-hydrogen) atoms. The molecule has 1 saturated heterocycles. The van der Waals surface area contributed by atoms with Crippen molar-refractivity contribution < 1.29 is 35.5 Å². The van der Waals surface area contributed by atoms with Gasteiger partial charge in [0.25, 0.3) is 0 Å². The number of hydrogen-bond donors (Lipinski definition) is 1. The average Bonchev–Trinajstić information content (AvgIpc) is 2.63. The molecule has 3 nitrogen and oxygen atoms in total. The van der Waals surface area contributed by atoms with Gasteiger partial charge in [-0.2, -0.15) is 13.2 Å². The lowest BCUT2D eigenvalue weighted by molar-refractivity contribution is -0.274. The monoisotopic (exact) mass is 494 g/mol. The van der Waals surface area contributed by atoms with Crippen LogP contribution in [0.4, 0.5) is 30.7 Å². The molecular weight excluding hydrogens is 476 g/mol. The molecule has 0 amide bonds. The van der Waals surface area contributed by atoms with Crippen LogP contribution in [0.15, 0.2) is 42.5 Å². The summed E-state index contributed by atoms with van der Waals surface area (Å²) in [6, 6.07) is 6.46. The fraction of sp³-hybridized carbons (Fsp3) is 0.368. The summed E-state index contributed by atoms with van der Waals surface area (Å²) in [5.41, 5.74) is -0.642. The molecule has 1 fully saturated rings. The van der Waals surface area contributed by atoms with E-state index in [0.717, 1.165) is 24.3 Å². The van der Waals surface area contributed by atoms with Crippen LogP contribution >= 0.6 is 24.8 Å². The molecule has 174 valence electrons. The highest BCUT2D eigenvalue weighted by atomic mass is 35.5. The first-order valence-corrected chi connectivity index (χ1v) is 8.72. The molecule has 1 aliphatic heterocycles. The number of hydrogen-bond acceptors (Lipinski definition) is 3. The summed E-state index contributed by atoms with van der Waals surface area (Å²) in [6.45, 7) is 2.17. The van der Waals surface area contributed by atoms with E-state index in [9.17, 15) is 30.7 Å². The fourth-order valence-corrected chi connectivity index (χ4v) is 3.30. The SMILES string of the molecule is Cl.Cl.Fc1cc(C(F)(F)F)ccc1[C@@H](c1ccc(OC(F)(F)F)cc1)N1CCNCC1. The van der Waals surface area contributed by atoms with Crippen molar-refractivity contribution in [1.82, 2.24) is 10.2 Å². The first-order valence-electron chi connectivity index (χ1n) is 8.72. The van der Waals surface area contributed by atoms with Gasteiger partial charge in [0.15, 0.2) is 0 Å². The van der Waals surface area contributed by atoms with E-state index in [1.165, 1.54) is 12.1 Å². The van der Waals surface area contributed by atoms with Crippen LogP contribution in [0, 0.1) is 5.82 Å². The van der Waals surface area contributed by atoms with E-state index in [1.54, 1.807) is 0 Å². The van der Waals surface area contributed by atoms with Crippen LogP contribution in [-0.2, 0) is 6.18 Å². The molecule has 2 aromatic carbocycles. The maximum atomic E-state index is 14.7. The van der Waals surface area contributed by atoms with Gasteiger partial charge >= 0.3 is 12.5 Å². The molecule has 0 aliphatic carbocycles. The van der Waals surface area contributed by atoms with Gasteiger partial charge in [0, 0.05) is 31.7 Å². The lowest BCUT2D eigenvalue weighted by atomic mass is 9.94. The highest BCUT2D eigenvalue weighted by molar-refractivity contribution is 5.85. The summed E-state index contributed by atoms with van der Waals surface area (Å²) in [6.07, 6.45) is -9.53. The Morgan fingerprint density at radius 3 is 1.94 bits per heavy atom. The van der Waals surface area contributed by atoms with Gasteiger partial charge in [-0.1, -0.05) is 18.2 Å². The first kappa shape index (κ1) is 27.3. The predicted molar refractivity (Wildman–Crippen MR) is 105 cm³/mol. The minimum atomic E-state index is -4.85. The van der Waals surface area contributed by atoms with Crippen LogP contribution in [0.25, 0.3) is 0 Å². The maximum absolute atomic E-state index is 14.7. The Bertz CT molecular complexity index is 839. The number of piperazine rings is 1. The summed E-state index contributed by atoms with van der Waals surface area (Å²) < 4.78 is 94.2. The number of rotatable bonds is 4. The van der Waals surface area contributed by atoms with Gasteiger partial charge in [-0.3, -0.25) is 4.90 Å². The van der Waals surface area contributed by atoms with Crippen LogP contribution in [0.5, 0.6) is 5.75 Å². The normalized spacial score (nSPS) is 16.1. The molecular formula is C19H19Cl2F7N2O. The molecule has 0 saturated carbocycles. The fourth-order valence-electron chi connectivity index (χ4n) is 3.30. The molecule has 2 aromatic rings. The summed E-state index contributed by atoms with van der Waals surface area (Å²) in [7, 11) is 0. The Labute approximate surface area is 186 Å². The smallest absolute Gasteiger partial charge is 0.406 e. The van der Waals surface area contributed by atoms with Crippen molar-refractivity contribution in [3.63, 3.8) is 0 Å². The average molecular weight is 495 g/mol. The molecule has 0 aromatic heterocycles. The second kappa shape index (κ2) is 10.7. The molecule has 0 spiro atoms. The maximum Gasteiger partial charge on any atom is 0.573 e. The van der Waals surface area contributed by atoms with Crippen molar-refractivity contribution >= 4 is 24.8 Å². The van der Waals surface area contributed by atoms with Crippen LogP contribution in [0.3, 0.4) is 0 Å². The summed E-state index contributed by atoms with van der Waals surface area (Å²) in [5, 5.41) is 3.12. The molecule has 3 rings (SSSR count). The van der Waals surface area contributed by atoms with Crippen molar-refractivity contribution in [3.05, 3.63) is 65.0 Å². The molecule has 1 aliphatic rings. The Hall–Kier alpha value is -1.75. The van der Waals surface area contributed by atoms with Crippen molar-refractivity contribution in [2.24, 2.45) is 0 Å². The largest absolute Gasteiger partial charge is 0.573 e. The van der Waals surface area contributed by atoms with Crippen LogP contribution in [0.1, 0.15) is 22.7 Å². The van der Waals surface area contributed by atoms with Crippen LogP contribution in [0.2, 0.25) is 0 Å². The lowest BCUT2D eigenvalue weighted by Crippen LogP contribution is -2.45. The van der Waals surface area contributed by atoms with E-state index >= 15 is 0 Å². The molecule has 0 radical (unpaired) electrons. The second-order valence-electron chi connectivity index (χ2n) is 6.54. The summed E-state index contributed by atoms with van der Waals surface area (Å²) in [5.74, 6) is -1.47. The molecule has 0 unspecified atom stereocenters. The lowest BCUT2D eigenvalue weighted by Gasteiger charge is -2.36. The van der Waals surface area contributed by atoms with Crippen molar-refractivity contribution in [2.45, 2.75) is 18.6 Å². The Balaban J connectivity index is 0.00000240. The van der Waals surface area contributed by atoms with Crippen molar-refractivity contribution in [1.29, 1.82) is 0 Å². The predicted octanol–water partition coefficient (Wildman–Crippen LogP) is 5.58. The van der Waals surface area contributed by atoms with Gasteiger partial charge in [-0.15, -0.1) is 38.0 Å². The zero-order valence-electron chi connectivity index (χ0n) is 15.8. The molecule has 1 N–H and O–H groups in total. The standard InChI is InChI=1S/C19H17F7N2O.2ClH/c20-16-11-13(18(21,22)23)3-6-15(16)17(28-9-7-27-8-10-28)12-1-4-14(5-2-12)29-19(24,25)26;;/h1-6,11,17,27H,7-10H2;2*1H/t17-;;/m1../s1. The van der Waals surface area contributed by atoms with E-state index in [-0.39, 0.29) is 30.4 Å². The number of alkyl halides is 6. The Morgan fingerprint density at radius 2 is 1.45 bits per heavy atom. The third-order valence-corrected chi connectivity index (χ3v) is 4.57. The van der Waals surface area contributed by atoms with E-state index in [4.69, 9.17) is 0 Å². The Kier molecular flexibility index (Phi) is 9.43. The van der Waals surface area contributed by atoms with Gasteiger partial charge < -0.3 is 10.1 Å². The van der Waals surface area contributed by atoms with Gasteiger partial charge in [0.2, 0.25) is 0 Å². The number of ether oxygens (including phenoxy) is 1. The molecule has 1 heterocycles. The van der Waals surface area contributed by atoms with Crippen molar-refractivity contribution in [3.8, 4) is 5.75 Å². The number of halogens is 9. The van der Waals surface area contributed by atoms with Gasteiger partial charge in [0.1, 0.15) is 11.6 Å². The van der Waals surface area contributed by atoms with E-state index in [1.807, 2.05) is 4.90 Å². The molecule has 1 atom stereocenters. The molecule has 0 bridgehead atoms. The summed E-state index contributed by atoms with van der Waals surface area (Å²) in [4.78, 5) is 1.86. The van der Waals surface area contributed by atoms with Gasteiger partial charge in [-0.05, 0) is 29.8 Å². The van der Waals surface area contributed by atoms with Gasteiger partial charge in [-0.25, -0.2) is 4.39 Å². The van der Waals surface area contributed by atoms with Crippen molar-refractivity contribution in [2.75, 3.05) is 26.2 Å². The van der Waals surface area contributed by atoms with E-state index in [0.29, 0.717) is 37.8 Å². The number of nitrogens with zero attached hydrogens (tertiary/aromatic N) is 1. The first-order chi connectivity index (χ1) is 13.5. The third kappa shape index (κ3) is 7.13. The van der Waals surface area contributed by atoms with Crippen LogP contribution < -0.4 is 10.1 Å². The zero-order chi connectivity index (χ0) is 21.2. The highest BCUT2D eigenvalue weighted by Gasteiger charge is 2.34. The number of benzene rings is 2. The van der Waals surface area contributed by atoms with Gasteiger partial charge in [0.05, 0.1) is 11.6 Å². The third-order valence-electron chi connectivity index (χ3n) is 4.57. The summed E-state index contributed by atoms with van der Waals surface area (Å²) >= 11 is 0. The molecule has 12 heteroatoms.